The highest BCUT2D eigenvalue weighted by Gasteiger charge is 2.33. The lowest BCUT2D eigenvalue weighted by molar-refractivity contribution is 0.530. The Labute approximate surface area is 104 Å². The van der Waals surface area contributed by atoms with Gasteiger partial charge in [-0.15, -0.1) is 0 Å². The summed E-state index contributed by atoms with van der Waals surface area (Å²) in [7, 11) is -6.88. The predicted molar refractivity (Wildman–Crippen MR) is 69.0 cm³/mol. The van der Waals surface area contributed by atoms with Crippen LogP contribution in [0.15, 0.2) is 0 Å². The number of sulfone groups is 1. The fraction of sp³-hybridized carbons (Fsp3) is 1.00. The zero-order valence-corrected chi connectivity index (χ0v) is 12.4. The van der Waals surface area contributed by atoms with E-state index in [1.165, 1.54) is 13.8 Å². The average molecular weight is 286 g/mol. The summed E-state index contributed by atoms with van der Waals surface area (Å²) in [5, 5.41) is -0.683. The SMILES string of the molecule is CCC(CN)S(=O)(=O)NCC(C)(C)S(C)(=O)=O. The maximum absolute atomic E-state index is 11.8. The molecule has 0 aliphatic carbocycles. The molecule has 0 saturated carbocycles. The minimum absolute atomic E-state index is 0.0190. The van der Waals surface area contributed by atoms with Gasteiger partial charge in [0.2, 0.25) is 10.0 Å². The Hall–Kier alpha value is -0.180. The van der Waals surface area contributed by atoms with E-state index in [9.17, 15) is 16.8 Å². The van der Waals surface area contributed by atoms with Crippen LogP contribution in [0.3, 0.4) is 0 Å². The van der Waals surface area contributed by atoms with Gasteiger partial charge in [-0.05, 0) is 20.3 Å². The first-order valence-corrected chi connectivity index (χ1v) is 8.80. The molecule has 0 aliphatic rings. The van der Waals surface area contributed by atoms with Crippen LogP contribution >= 0.6 is 0 Å². The Morgan fingerprint density at radius 3 is 2.00 bits per heavy atom. The third-order valence-corrected chi connectivity index (χ3v) is 6.96. The monoisotopic (exact) mass is 286 g/mol. The summed E-state index contributed by atoms with van der Waals surface area (Å²) < 4.78 is 47.6. The standard InChI is InChI=1S/C9H22N2O4S2/c1-5-8(6-10)17(14,15)11-7-9(2,3)16(4,12)13/h8,11H,5-7,10H2,1-4H3. The molecule has 6 nitrogen and oxygen atoms in total. The van der Waals surface area contributed by atoms with Gasteiger partial charge in [-0.3, -0.25) is 0 Å². The van der Waals surface area contributed by atoms with E-state index in [0.29, 0.717) is 6.42 Å². The molecule has 0 radical (unpaired) electrons. The van der Waals surface area contributed by atoms with Gasteiger partial charge < -0.3 is 5.73 Å². The number of hydrogen-bond acceptors (Lipinski definition) is 5. The summed E-state index contributed by atoms with van der Waals surface area (Å²) in [5.74, 6) is 0. The quantitative estimate of drug-likeness (QED) is 0.654. The second-order valence-electron chi connectivity index (χ2n) is 4.66. The lowest BCUT2D eigenvalue weighted by Crippen LogP contribution is -2.47. The van der Waals surface area contributed by atoms with Crippen molar-refractivity contribution in [3.8, 4) is 0 Å². The largest absolute Gasteiger partial charge is 0.329 e. The topological polar surface area (TPSA) is 106 Å². The van der Waals surface area contributed by atoms with Crippen molar-refractivity contribution in [3.05, 3.63) is 0 Å². The number of rotatable bonds is 7. The minimum Gasteiger partial charge on any atom is -0.329 e. The van der Waals surface area contributed by atoms with Crippen molar-refractivity contribution in [2.75, 3.05) is 19.3 Å². The van der Waals surface area contributed by atoms with Gasteiger partial charge in [0.1, 0.15) is 0 Å². The van der Waals surface area contributed by atoms with Crippen molar-refractivity contribution in [2.24, 2.45) is 5.73 Å². The molecular weight excluding hydrogens is 264 g/mol. The minimum atomic E-state index is -3.56. The van der Waals surface area contributed by atoms with Crippen LogP contribution in [0.1, 0.15) is 27.2 Å². The van der Waals surface area contributed by atoms with E-state index in [-0.39, 0.29) is 13.1 Å². The van der Waals surface area contributed by atoms with Crippen molar-refractivity contribution in [2.45, 2.75) is 37.2 Å². The molecule has 0 bridgehead atoms. The molecule has 8 heteroatoms. The predicted octanol–water partition coefficient (Wildman–Crippen LogP) is -0.534. The van der Waals surface area contributed by atoms with E-state index in [2.05, 4.69) is 4.72 Å². The summed E-state index contributed by atoms with van der Waals surface area (Å²) in [5.41, 5.74) is 5.36. The Kier molecular flexibility index (Phi) is 5.58. The van der Waals surface area contributed by atoms with Crippen LogP contribution in [0.2, 0.25) is 0 Å². The summed E-state index contributed by atoms with van der Waals surface area (Å²) in [4.78, 5) is 0. The smallest absolute Gasteiger partial charge is 0.215 e. The molecule has 0 aliphatic heterocycles. The molecule has 0 rings (SSSR count). The van der Waals surface area contributed by atoms with Crippen LogP contribution in [0, 0.1) is 0 Å². The van der Waals surface area contributed by atoms with Crippen LogP contribution in [0.25, 0.3) is 0 Å². The molecule has 0 saturated heterocycles. The van der Waals surface area contributed by atoms with E-state index in [0.717, 1.165) is 6.26 Å². The molecule has 0 aromatic carbocycles. The van der Waals surface area contributed by atoms with E-state index in [1.54, 1.807) is 6.92 Å². The normalized spacial score (nSPS) is 15.8. The molecule has 0 spiro atoms. The maximum Gasteiger partial charge on any atom is 0.215 e. The Morgan fingerprint density at radius 2 is 1.71 bits per heavy atom. The van der Waals surface area contributed by atoms with E-state index >= 15 is 0 Å². The van der Waals surface area contributed by atoms with Crippen molar-refractivity contribution in [1.29, 1.82) is 0 Å². The van der Waals surface area contributed by atoms with Gasteiger partial charge in [0.15, 0.2) is 9.84 Å². The Bertz CT molecular complexity index is 436. The van der Waals surface area contributed by atoms with E-state index in [1.807, 2.05) is 0 Å². The Balaban J connectivity index is 4.80. The number of nitrogens with one attached hydrogen (secondary N) is 1. The van der Waals surface area contributed by atoms with Gasteiger partial charge >= 0.3 is 0 Å². The summed E-state index contributed by atoms with van der Waals surface area (Å²) in [6, 6.07) is 0. The lowest BCUT2D eigenvalue weighted by atomic mass is 10.2. The molecule has 0 amide bonds. The van der Waals surface area contributed by atoms with Crippen molar-refractivity contribution in [1.82, 2.24) is 4.72 Å². The van der Waals surface area contributed by atoms with E-state index < -0.39 is 29.9 Å². The Morgan fingerprint density at radius 1 is 1.24 bits per heavy atom. The molecule has 1 atom stereocenters. The van der Waals surface area contributed by atoms with Crippen LogP contribution in [-0.2, 0) is 19.9 Å². The van der Waals surface area contributed by atoms with Gasteiger partial charge in [0, 0.05) is 19.3 Å². The first-order valence-electron chi connectivity index (χ1n) is 5.36. The molecular formula is C9H22N2O4S2. The van der Waals surface area contributed by atoms with Crippen molar-refractivity contribution < 1.29 is 16.8 Å². The molecule has 0 fully saturated rings. The highest BCUT2D eigenvalue weighted by Crippen LogP contribution is 2.14. The zero-order chi connectivity index (χ0) is 13.9. The molecule has 0 heterocycles. The van der Waals surface area contributed by atoms with Crippen LogP contribution in [-0.4, -0.2) is 46.2 Å². The second kappa shape index (κ2) is 5.64. The van der Waals surface area contributed by atoms with E-state index in [4.69, 9.17) is 5.73 Å². The molecule has 104 valence electrons. The van der Waals surface area contributed by atoms with Crippen LogP contribution in [0.5, 0.6) is 0 Å². The lowest BCUT2D eigenvalue weighted by Gasteiger charge is -2.24. The van der Waals surface area contributed by atoms with Gasteiger partial charge in [0.05, 0.1) is 10.00 Å². The number of nitrogens with two attached hydrogens (primary N) is 1. The molecule has 3 N–H and O–H groups in total. The number of hydrogen-bond donors (Lipinski definition) is 2. The van der Waals surface area contributed by atoms with Crippen LogP contribution < -0.4 is 10.5 Å². The summed E-state index contributed by atoms with van der Waals surface area (Å²) in [6.45, 7) is 4.55. The molecule has 0 aromatic rings. The highest BCUT2D eigenvalue weighted by atomic mass is 32.2. The first-order chi connectivity index (χ1) is 7.48. The average Bonchev–Trinajstić information content (AvgIpc) is 2.15. The fourth-order valence-corrected chi connectivity index (χ4v) is 2.95. The molecule has 17 heavy (non-hydrogen) atoms. The van der Waals surface area contributed by atoms with Crippen LogP contribution in [0.4, 0.5) is 0 Å². The zero-order valence-electron chi connectivity index (χ0n) is 10.7. The highest BCUT2D eigenvalue weighted by molar-refractivity contribution is 7.92. The molecule has 0 aromatic heterocycles. The van der Waals surface area contributed by atoms with Gasteiger partial charge in [-0.1, -0.05) is 6.92 Å². The van der Waals surface area contributed by atoms with Gasteiger partial charge in [-0.2, -0.15) is 0 Å². The summed E-state index contributed by atoms with van der Waals surface area (Å²) >= 11 is 0. The molecule has 1 unspecified atom stereocenters. The summed E-state index contributed by atoms with van der Waals surface area (Å²) in [6.07, 6.45) is 1.48. The van der Waals surface area contributed by atoms with Gasteiger partial charge in [-0.25, -0.2) is 21.6 Å². The van der Waals surface area contributed by atoms with Crippen molar-refractivity contribution in [3.63, 3.8) is 0 Å². The second-order valence-corrected chi connectivity index (χ2v) is 9.36. The third-order valence-electron chi connectivity index (χ3n) is 2.86. The first kappa shape index (κ1) is 16.8. The maximum atomic E-state index is 11.8. The third kappa shape index (κ3) is 4.53. The number of sulfonamides is 1. The van der Waals surface area contributed by atoms with Gasteiger partial charge in [0.25, 0.3) is 0 Å². The van der Waals surface area contributed by atoms with Crippen molar-refractivity contribution >= 4 is 19.9 Å². The fourth-order valence-electron chi connectivity index (χ4n) is 1.04.